The van der Waals surface area contributed by atoms with Crippen LogP contribution in [0.3, 0.4) is 0 Å². The highest BCUT2D eigenvalue weighted by molar-refractivity contribution is 5.74. The summed E-state index contributed by atoms with van der Waals surface area (Å²) in [6.45, 7) is 7.76. The maximum atomic E-state index is 10.9. The van der Waals surface area contributed by atoms with Gasteiger partial charge in [0, 0.05) is 13.1 Å². The van der Waals surface area contributed by atoms with Gasteiger partial charge in [0.05, 0.1) is 11.2 Å². The van der Waals surface area contributed by atoms with Crippen LogP contribution in [0.4, 0.5) is 0 Å². The second kappa shape index (κ2) is 2.92. The van der Waals surface area contributed by atoms with Crippen LogP contribution < -0.4 is 5.32 Å². The van der Waals surface area contributed by atoms with Gasteiger partial charge in [-0.15, -0.1) is 0 Å². The smallest absolute Gasteiger partial charge is 0.168 e. The summed E-state index contributed by atoms with van der Waals surface area (Å²) in [5.74, 6) is 0.961. The first-order valence-corrected chi connectivity index (χ1v) is 4.84. The average Bonchev–Trinajstić information content (AvgIpc) is 2.42. The van der Waals surface area contributed by atoms with E-state index in [-0.39, 0.29) is 5.54 Å². The molecule has 0 aliphatic carbocycles. The fourth-order valence-corrected chi connectivity index (χ4v) is 2.00. The van der Waals surface area contributed by atoms with Gasteiger partial charge >= 0.3 is 0 Å². The van der Waals surface area contributed by atoms with Crippen LogP contribution in [-0.2, 0) is 12.1 Å². The molecule has 1 aromatic heterocycles. The molecule has 0 bridgehead atoms. The van der Waals surface area contributed by atoms with Crippen molar-refractivity contribution in [2.75, 3.05) is 6.54 Å². The van der Waals surface area contributed by atoms with Gasteiger partial charge in [-0.1, -0.05) is 0 Å². The fourth-order valence-electron chi connectivity index (χ4n) is 2.00. The minimum Gasteiger partial charge on any atom is -0.323 e. The predicted molar refractivity (Wildman–Crippen MR) is 53.4 cm³/mol. The van der Waals surface area contributed by atoms with Crippen molar-refractivity contribution >= 4 is 6.29 Å². The van der Waals surface area contributed by atoms with E-state index < -0.39 is 0 Å². The molecule has 14 heavy (non-hydrogen) atoms. The molecule has 2 heterocycles. The summed E-state index contributed by atoms with van der Waals surface area (Å²) in [4.78, 5) is 15.3. The molecule has 0 radical (unpaired) electrons. The zero-order valence-corrected chi connectivity index (χ0v) is 8.79. The zero-order valence-electron chi connectivity index (χ0n) is 8.79. The summed E-state index contributed by atoms with van der Waals surface area (Å²) >= 11 is 0. The van der Waals surface area contributed by atoms with E-state index in [1.54, 1.807) is 0 Å². The monoisotopic (exact) mass is 193 g/mol. The lowest BCUT2D eigenvalue weighted by atomic mass is 10.0. The molecule has 0 saturated heterocycles. The Bertz CT molecular complexity index is 379. The number of carbonyl (C=O) groups is 1. The van der Waals surface area contributed by atoms with Crippen molar-refractivity contribution in [2.45, 2.75) is 32.9 Å². The summed E-state index contributed by atoms with van der Waals surface area (Å²) in [5.41, 5.74) is 1.41. The standard InChI is InChI=1S/C10H15N3O/c1-7-8(6-14)13-5-4-11-10(2,3)9(13)12-7/h6,11H,4-5H2,1-3H3. The van der Waals surface area contributed by atoms with Gasteiger partial charge in [-0.2, -0.15) is 0 Å². The van der Waals surface area contributed by atoms with Gasteiger partial charge in [0.15, 0.2) is 6.29 Å². The molecule has 0 amide bonds. The first-order valence-electron chi connectivity index (χ1n) is 4.84. The van der Waals surface area contributed by atoms with E-state index in [9.17, 15) is 4.79 Å². The van der Waals surface area contributed by atoms with Crippen LogP contribution in [-0.4, -0.2) is 22.4 Å². The Balaban J connectivity index is 2.62. The number of nitrogens with zero attached hydrogens (tertiary/aromatic N) is 2. The zero-order chi connectivity index (χ0) is 10.3. The van der Waals surface area contributed by atoms with Crippen LogP contribution in [0.25, 0.3) is 0 Å². The summed E-state index contributed by atoms with van der Waals surface area (Å²) < 4.78 is 2.01. The van der Waals surface area contributed by atoms with Crippen LogP contribution in [0.15, 0.2) is 0 Å². The predicted octanol–water partition coefficient (Wildman–Crippen LogP) is 0.842. The highest BCUT2D eigenvalue weighted by Crippen LogP contribution is 2.24. The minimum absolute atomic E-state index is 0.135. The van der Waals surface area contributed by atoms with Gasteiger partial charge in [-0.25, -0.2) is 4.98 Å². The van der Waals surface area contributed by atoms with E-state index in [1.165, 1.54) is 0 Å². The molecular formula is C10H15N3O. The number of rotatable bonds is 1. The Hall–Kier alpha value is -1.16. The molecule has 1 aliphatic heterocycles. The maximum Gasteiger partial charge on any atom is 0.168 e. The molecule has 76 valence electrons. The van der Waals surface area contributed by atoms with E-state index in [1.807, 2.05) is 11.5 Å². The van der Waals surface area contributed by atoms with Gasteiger partial charge in [-0.05, 0) is 20.8 Å². The molecule has 1 aromatic rings. The lowest BCUT2D eigenvalue weighted by Crippen LogP contribution is -2.45. The third-order valence-corrected chi connectivity index (χ3v) is 2.76. The van der Waals surface area contributed by atoms with Gasteiger partial charge in [0.25, 0.3) is 0 Å². The number of hydrogen-bond acceptors (Lipinski definition) is 3. The number of nitrogens with one attached hydrogen (secondary N) is 1. The number of carbonyl (C=O) groups excluding carboxylic acids is 1. The van der Waals surface area contributed by atoms with Crippen molar-refractivity contribution in [1.82, 2.24) is 14.9 Å². The van der Waals surface area contributed by atoms with Gasteiger partial charge in [0.2, 0.25) is 0 Å². The number of fused-ring (bicyclic) bond motifs is 1. The van der Waals surface area contributed by atoms with Crippen LogP contribution in [0.2, 0.25) is 0 Å². The van der Waals surface area contributed by atoms with E-state index in [4.69, 9.17) is 0 Å². The first-order chi connectivity index (χ1) is 6.56. The van der Waals surface area contributed by atoms with Crippen LogP contribution in [0.5, 0.6) is 0 Å². The average molecular weight is 193 g/mol. The van der Waals surface area contributed by atoms with Crippen LogP contribution in [0.1, 0.15) is 35.9 Å². The largest absolute Gasteiger partial charge is 0.323 e. The van der Waals surface area contributed by atoms with Gasteiger partial charge in [-0.3, -0.25) is 4.79 Å². The van der Waals surface area contributed by atoms with Gasteiger partial charge < -0.3 is 9.88 Å². The van der Waals surface area contributed by atoms with Crippen molar-refractivity contribution in [3.63, 3.8) is 0 Å². The number of hydrogen-bond donors (Lipinski definition) is 1. The van der Waals surface area contributed by atoms with Gasteiger partial charge in [0.1, 0.15) is 11.5 Å². The van der Waals surface area contributed by atoms with Crippen molar-refractivity contribution in [2.24, 2.45) is 0 Å². The highest BCUT2D eigenvalue weighted by atomic mass is 16.1. The first kappa shape index (κ1) is 9.40. The Kier molecular flexibility index (Phi) is 1.96. The Morgan fingerprint density at radius 2 is 2.29 bits per heavy atom. The molecule has 0 fully saturated rings. The van der Waals surface area contributed by atoms with Crippen molar-refractivity contribution in [3.05, 3.63) is 17.2 Å². The molecule has 0 spiro atoms. The highest BCUT2D eigenvalue weighted by Gasteiger charge is 2.31. The molecule has 4 heteroatoms. The van der Waals surface area contributed by atoms with E-state index in [2.05, 4.69) is 24.1 Å². The summed E-state index contributed by atoms with van der Waals surface area (Å²) in [5, 5.41) is 3.38. The summed E-state index contributed by atoms with van der Waals surface area (Å²) in [6, 6.07) is 0. The Morgan fingerprint density at radius 3 is 2.93 bits per heavy atom. The number of aryl methyl sites for hydroxylation is 1. The summed E-state index contributed by atoms with van der Waals surface area (Å²) in [7, 11) is 0. The summed E-state index contributed by atoms with van der Waals surface area (Å²) in [6.07, 6.45) is 0.896. The fraction of sp³-hybridized carbons (Fsp3) is 0.600. The van der Waals surface area contributed by atoms with Crippen LogP contribution >= 0.6 is 0 Å². The lowest BCUT2D eigenvalue weighted by Gasteiger charge is -2.31. The molecule has 0 unspecified atom stereocenters. The maximum absolute atomic E-state index is 10.9. The number of aldehydes is 1. The molecule has 4 nitrogen and oxygen atoms in total. The Labute approximate surface area is 83.3 Å². The van der Waals surface area contributed by atoms with E-state index in [0.717, 1.165) is 36.6 Å². The van der Waals surface area contributed by atoms with E-state index in [0.29, 0.717) is 0 Å². The van der Waals surface area contributed by atoms with Crippen molar-refractivity contribution in [3.8, 4) is 0 Å². The molecule has 0 atom stereocenters. The molecule has 1 N–H and O–H groups in total. The lowest BCUT2D eigenvalue weighted by molar-refractivity contribution is 0.111. The topological polar surface area (TPSA) is 46.9 Å². The second-order valence-electron chi connectivity index (χ2n) is 4.23. The second-order valence-corrected chi connectivity index (χ2v) is 4.23. The molecule has 2 rings (SSSR count). The molecule has 0 aromatic carbocycles. The Morgan fingerprint density at radius 1 is 1.57 bits per heavy atom. The van der Waals surface area contributed by atoms with Crippen molar-refractivity contribution in [1.29, 1.82) is 0 Å². The van der Waals surface area contributed by atoms with Crippen molar-refractivity contribution < 1.29 is 4.79 Å². The normalized spacial score (nSPS) is 19.1. The number of imidazole rings is 1. The number of aromatic nitrogens is 2. The quantitative estimate of drug-likeness (QED) is 0.672. The molecular weight excluding hydrogens is 178 g/mol. The third-order valence-electron chi connectivity index (χ3n) is 2.76. The van der Waals surface area contributed by atoms with E-state index >= 15 is 0 Å². The SMILES string of the molecule is Cc1nc2n(c1C=O)CCNC2(C)C. The third kappa shape index (κ3) is 1.18. The molecule has 1 aliphatic rings. The van der Waals surface area contributed by atoms with Crippen LogP contribution in [0, 0.1) is 6.92 Å². The minimum atomic E-state index is -0.135. The molecule has 0 saturated carbocycles.